The molecule has 0 aromatic carbocycles. The second kappa shape index (κ2) is 25.9. The normalized spacial score (nSPS) is 3.38. The monoisotopic (exact) mass is 174 g/mol. The molecule has 0 saturated carbocycles. The van der Waals surface area contributed by atoms with E-state index in [9.17, 15) is 7.99 Å². The Bertz CT molecular complexity index is 16.0. The molecule has 0 radical (unpaired) electrons. The van der Waals surface area contributed by atoms with Gasteiger partial charge >= 0.3 is 31.2 Å². The molecular formula is H8F3O4Sc. The van der Waals surface area contributed by atoms with Crippen molar-refractivity contribution >= 4 is 0 Å². The van der Waals surface area contributed by atoms with E-state index >= 15 is 0 Å². The van der Waals surface area contributed by atoms with E-state index in [0.717, 1.165) is 0 Å². The minimum absolute atomic E-state index is 0. The number of hydrogen-bond acceptors (Lipinski definition) is 0. The molecule has 0 amide bonds. The Kier molecular flexibility index (Phi) is 126. The quantitative estimate of drug-likeness (QED) is 0.401. The standard InChI is InChI=1S/3FH.4H2O.Sc/h3*1H;4*1H2;/q;;;;;;;+3/p-3. The zero-order chi connectivity index (χ0) is 3.58. The van der Waals surface area contributed by atoms with Gasteiger partial charge in [0.15, 0.2) is 0 Å². The molecule has 0 aliphatic rings. The van der Waals surface area contributed by atoms with E-state index < -0.39 is 23.2 Å². The molecule has 0 aromatic heterocycles. The fraction of sp³-hybridized carbons (Fsp3) is 0. The van der Waals surface area contributed by atoms with Crippen LogP contribution in [0.3, 0.4) is 0 Å². The van der Waals surface area contributed by atoms with Crippen LogP contribution in [-0.4, -0.2) is 21.9 Å². The Morgan fingerprint density at radius 3 is 0.625 bits per heavy atom. The van der Waals surface area contributed by atoms with E-state index in [0.29, 0.717) is 0 Å². The molecule has 0 aliphatic heterocycles. The van der Waals surface area contributed by atoms with Crippen LogP contribution < -0.4 is 0 Å². The maximum atomic E-state index is 9.85. The van der Waals surface area contributed by atoms with Crippen molar-refractivity contribution < 1.29 is 53.1 Å². The Morgan fingerprint density at radius 2 is 0.625 bits per heavy atom. The molecule has 4 nitrogen and oxygen atoms in total. The van der Waals surface area contributed by atoms with Crippen molar-refractivity contribution in [2.24, 2.45) is 0 Å². The summed E-state index contributed by atoms with van der Waals surface area (Å²) in [4.78, 5) is 0. The summed E-state index contributed by atoms with van der Waals surface area (Å²) in [6.07, 6.45) is 0. The van der Waals surface area contributed by atoms with Crippen LogP contribution >= 0.6 is 0 Å². The Balaban J connectivity index is -0.00000000750. The average Bonchev–Trinajstić information content (AvgIpc) is 0.811. The van der Waals surface area contributed by atoms with Gasteiger partial charge in [0.25, 0.3) is 0 Å². The third kappa shape index (κ3) is 786. The molecule has 8 N–H and O–H groups in total. The fourth-order valence-electron chi connectivity index (χ4n) is 0. The Morgan fingerprint density at radius 1 is 0.625 bits per heavy atom. The molecule has 0 fully saturated rings. The number of hydrogen-bond donors (Lipinski definition) is 0. The van der Waals surface area contributed by atoms with Crippen molar-refractivity contribution in [3.05, 3.63) is 0 Å². The summed E-state index contributed by atoms with van der Waals surface area (Å²) >= 11 is -4.98. The summed E-state index contributed by atoms with van der Waals surface area (Å²) in [5.74, 6) is 0. The summed E-state index contributed by atoms with van der Waals surface area (Å²) in [5.41, 5.74) is 0. The van der Waals surface area contributed by atoms with Gasteiger partial charge in [-0.3, -0.25) is 0 Å². The van der Waals surface area contributed by atoms with E-state index in [1.165, 1.54) is 0 Å². The van der Waals surface area contributed by atoms with Crippen LogP contribution in [0.4, 0.5) is 7.99 Å². The predicted molar refractivity (Wildman–Crippen MR) is 17.8 cm³/mol. The van der Waals surface area contributed by atoms with Crippen molar-refractivity contribution in [1.82, 2.24) is 0 Å². The van der Waals surface area contributed by atoms with Gasteiger partial charge in [-0.1, -0.05) is 0 Å². The second-order valence-corrected chi connectivity index (χ2v) is 1.02. The molecule has 0 aromatic rings. The van der Waals surface area contributed by atoms with Gasteiger partial charge in [0, 0.05) is 0 Å². The van der Waals surface area contributed by atoms with E-state index in [2.05, 4.69) is 0 Å². The van der Waals surface area contributed by atoms with Gasteiger partial charge in [0.2, 0.25) is 0 Å². The van der Waals surface area contributed by atoms with Gasteiger partial charge in [-0.15, -0.1) is 0 Å². The van der Waals surface area contributed by atoms with Crippen molar-refractivity contribution in [2.45, 2.75) is 0 Å². The molecule has 0 rings (SSSR count). The molecule has 0 unspecified atom stereocenters. The molecule has 8 heavy (non-hydrogen) atoms. The molecule has 8 heteroatoms. The first kappa shape index (κ1) is 39.0. The average molecular weight is 174 g/mol. The van der Waals surface area contributed by atoms with Gasteiger partial charge in [0.1, 0.15) is 0 Å². The molecule has 0 spiro atoms. The first-order valence-corrected chi connectivity index (χ1v) is 2.70. The topological polar surface area (TPSA) is 126 Å². The summed E-state index contributed by atoms with van der Waals surface area (Å²) < 4.78 is 29.6. The van der Waals surface area contributed by atoms with Gasteiger partial charge in [-0.05, 0) is 0 Å². The van der Waals surface area contributed by atoms with Crippen molar-refractivity contribution in [1.29, 1.82) is 0 Å². The first-order valence-electron chi connectivity index (χ1n) is 0.655. The minimum atomic E-state index is -4.98. The van der Waals surface area contributed by atoms with Crippen LogP contribution in [0.15, 0.2) is 0 Å². The summed E-state index contributed by atoms with van der Waals surface area (Å²) in [7, 11) is 0. The van der Waals surface area contributed by atoms with Gasteiger partial charge in [-0.2, -0.15) is 0 Å². The Labute approximate surface area is 53.7 Å². The summed E-state index contributed by atoms with van der Waals surface area (Å²) in [5, 5.41) is 0. The zero-order valence-electron chi connectivity index (χ0n) is 3.71. The van der Waals surface area contributed by atoms with Crippen LogP contribution in [0.25, 0.3) is 0 Å². The van der Waals surface area contributed by atoms with Crippen LogP contribution in [0, 0.1) is 0 Å². The van der Waals surface area contributed by atoms with Gasteiger partial charge in [-0.25, -0.2) is 0 Å². The SMILES string of the molecule is O.O.O.O.[F][Sc]([F])[F]. The van der Waals surface area contributed by atoms with Crippen LogP contribution in [-0.2, 0) is 23.2 Å². The van der Waals surface area contributed by atoms with E-state index in [-0.39, 0.29) is 21.9 Å². The predicted octanol–water partition coefficient (Wildman–Crippen LogP) is -2.04. The molecule has 56 valence electrons. The molecular weight excluding hydrogens is 166 g/mol. The number of rotatable bonds is 0. The van der Waals surface area contributed by atoms with E-state index in [4.69, 9.17) is 0 Å². The van der Waals surface area contributed by atoms with Crippen LogP contribution in [0.2, 0.25) is 0 Å². The number of halogens is 3. The van der Waals surface area contributed by atoms with Crippen molar-refractivity contribution in [2.75, 3.05) is 0 Å². The third-order valence-electron chi connectivity index (χ3n) is 0. The Hall–Kier alpha value is 0.500. The first-order chi connectivity index (χ1) is 1.73. The van der Waals surface area contributed by atoms with Crippen molar-refractivity contribution in [3.8, 4) is 0 Å². The second-order valence-electron chi connectivity index (χ2n) is 0.247. The maximum absolute atomic E-state index is 9.85. The molecule has 0 aliphatic carbocycles. The van der Waals surface area contributed by atoms with Crippen molar-refractivity contribution in [3.63, 3.8) is 0 Å². The van der Waals surface area contributed by atoms with Gasteiger partial charge in [0.05, 0.1) is 0 Å². The molecule has 0 bridgehead atoms. The zero-order valence-corrected chi connectivity index (χ0v) is 5.51. The fourth-order valence-corrected chi connectivity index (χ4v) is 0. The summed E-state index contributed by atoms with van der Waals surface area (Å²) in [6.45, 7) is 0. The van der Waals surface area contributed by atoms with Crippen LogP contribution in [0.5, 0.6) is 0 Å². The van der Waals surface area contributed by atoms with Crippen LogP contribution in [0.1, 0.15) is 0 Å². The van der Waals surface area contributed by atoms with Gasteiger partial charge < -0.3 is 21.9 Å². The summed E-state index contributed by atoms with van der Waals surface area (Å²) in [6, 6.07) is 0. The molecule has 0 saturated heterocycles. The molecule has 0 atom stereocenters. The molecule has 0 heterocycles. The third-order valence-corrected chi connectivity index (χ3v) is 0. The van der Waals surface area contributed by atoms with E-state index in [1.807, 2.05) is 0 Å². The van der Waals surface area contributed by atoms with E-state index in [1.54, 1.807) is 0 Å².